The van der Waals surface area contributed by atoms with Gasteiger partial charge in [-0.2, -0.15) is 0 Å². The second-order valence-corrected chi connectivity index (χ2v) is 7.04. The molecule has 8 heteroatoms. The zero-order chi connectivity index (χ0) is 19.7. The number of urea groups is 1. The summed E-state index contributed by atoms with van der Waals surface area (Å²) in [5.41, 5.74) is 1.67. The van der Waals surface area contributed by atoms with Crippen molar-refractivity contribution in [2.75, 3.05) is 24.5 Å². The number of para-hydroxylation sites is 1. The van der Waals surface area contributed by atoms with Crippen molar-refractivity contribution >= 4 is 23.5 Å². The van der Waals surface area contributed by atoms with Crippen LogP contribution in [0.25, 0.3) is 0 Å². The highest BCUT2D eigenvalue weighted by Crippen LogP contribution is 2.26. The van der Waals surface area contributed by atoms with Crippen molar-refractivity contribution in [2.24, 2.45) is 0 Å². The van der Waals surface area contributed by atoms with Gasteiger partial charge in [0.1, 0.15) is 12.2 Å². The van der Waals surface area contributed by atoms with E-state index in [-0.39, 0.29) is 30.4 Å². The first kappa shape index (κ1) is 18.1. The molecule has 2 aliphatic heterocycles. The SMILES string of the molecule is Cc1cnc(C(=O)N2CCC(N3CC(=O)N(c4ccccc4)C3=O)CC2)cn1. The quantitative estimate of drug-likeness (QED) is 0.760. The van der Waals surface area contributed by atoms with Crippen molar-refractivity contribution in [1.82, 2.24) is 19.8 Å². The van der Waals surface area contributed by atoms with Gasteiger partial charge >= 0.3 is 6.03 Å². The zero-order valence-corrected chi connectivity index (χ0v) is 15.6. The molecule has 0 N–H and O–H groups in total. The number of hydrogen-bond donors (Lipinski definition) is 0. The summed E-state index contributed by atoms with van der Waals surface area (Å²) in [6, 6.07) is 8.61. The number of carbonyl (C=O) groups excluding carboxylic acids is 3. The number of amides is 4. The third kappa shape index (κ3) is 3.33. The monoisotopic (exact) mass is 379 g/mol. The molecule has 2 aliphatic rings. The van der Waals surface area contributed by atoms with E-state index in [4.69, 9.17) is 0 Å². The van der Waals surface area contributed by atoms with E-state index in [1.54, 1.807) is 40.3 Å². The number of aryl methyl sites for hydroxylation is 1. The minimum atomic E-state index is -0.287. The number of nitrogens with zero attached hydrogens (tertiary/aromatic N) is 5. The number of benzene rings is 1. The molecule has 0 bridgehead atoms. The summed E-state index contributed by atoms with van der Waals surface area (Å²) >= 11 is 0. The number of piperidine rings is 1. The van der Waals surface area contributed by atoms with Crippen molar-refractivity contribution in [2.45, 2.75) is 25.8 Å². The summed E-state index contributed by atoms with van der Waals surface area (Å²) in [6.07, 6.45) is 4.33. The van der Waals surface area contributed by atoms with Crippen LogP contribution in [0.5, 0.6) is 0 Å². The summed E-state index contributed by atoms with van der Waals surface area (Å²) in [7, 11) is 0. The van der Waals surface area contributed by atoms with Crippen molar-refractivity contribution in [3.63, 3.8) is 0 Å². The molecule has 1 aromatic carbocycles. The van der Waals surface area contributed by atoms with Gasteiger partial charge < -0.3 is 9.80 Å². The van der Waals surface area contributed by atoms with Crippen molar-refractivity contribution in [1.29, 1.82) is 0 Å². The Labute approximate surface area is 162 Å². The normalized spacial score (nSPS) is 18.1. The zero-order valence-electron chi connectivity index (χ0n) is 15.6. The molecule has 0 radical (unpaired) electrons. The van der Waals surface area contributed by atoms with Crippen LogP contribution in [-0.4, -0.2) is 63.3 Å². The van der Waals surface area contributed by atoms with Crippen molar-refractivity contribution < 1.29 is 14.4 Å². The smallest absolute Gasteiger partial charge is 0.332 e. The maximum absolute atomic E-state index is 12.8. The first-order valence-corrected chi connectivity index (χ1v) is 9.31. The molecule has 0 atom stereocenters. The average molecular weight is 379 g/mol. The van der Waals surface area contributed by atoms with Gasteiger partial charge in [0.2, 0.25) is 0 Å². The molecule has 144 valence electrons. The minimum absolute atomic E-state index is 0.0571. The van der Waals surface area contributed by atoms with E-state index in [2.05, 4.69) is 9.97 Å². The van der Waals surface area contributed by atoms with Gasteiger partial charge in [-0.25, -0.2) is 14.7 Å². The molecular weight excluding hydrogens is 358 g/mol. The highest BCUT2D eigenvalue weighted by atomic mass is 16.2. The summed E-state index contributed by atoms with van der Waals surface area (Å²) in [6.45, 7) is 2.93. The summed E-state index contributed by atoms with van der Waals surface area (Å²) in [5, 5.41) is 0. The van der Waals surface area contributed by atoms with Crippen LogP contribution in [0, 0.1) is 6.92 Å². The highest BCUT2D eigenvalue weighted by molar-refractivity contribution is 6.19. The average Bonchev–Trinajstić information content (AvgIpc) is 3.03. The van der Waals surface area contributed by atoms with Crippen molar-refractivity contribution in [3.05, 3.63) is 54.1 Å². The van der Waals surface area contributed by atoms with E-state index < -0.39 is 0 Å². The molecule has 4 amide bonds. The second kappa shape index (κ2) is 7.38. The molecule has 8 nitrogen and oxygen atoms in total. The fraction of sp³-hybridized carbons (Fsp3) is 0.350. The highest BCUT2D eigenvalue weighted by Gasteiger charge is 2.41. The fourth-order valence-corrected chi connectivity index (χ4v) is 3.68. The third-order valence-electron chi connectivity index (χ3n) is 5.20. The fourth-order valence-electron chi connectivity index (χ4n) is 3.68. The molecule has 2 aromatic rings. The van der Waals surface area contributed by atoms with E-state index >= 15 is 0 Å². The van der Waals surface area contributed by atoms with Crippen LogP contribution in [0.3, 0.4) is 0 Å². The van der Waals surface area contributed by atoms with Crippen LogP contribution in [0.15, 0.2) is 42.7 Å². The van der Waals surface area contributed by atoms with Crippen LogP contribution in [-0.2, 0) is 4.79 Å². The van der Waals surface area contributed by atoms with Crippen LogP contribution < -0.4 is 4.90 Å². The van der Waals surface area contributed by atoms with E-state index in [0.29, 0.717) is 37.3 Å². The van der Waals surface area contributed by atoms with Crippen LogP contribution in [0.1, 0.15) is 29.0 Å². The lowest BCUT2D eigenvalue weighted by Gasteiger charge is -2.35. The van der Waals surface area contributed by atoms with Gasteiger partial charge in [-0.1, -0.05) is 18.2 Å². The number of rotatable bonds is 3. The standard InChI is InChI=1S/C20H21N5O3/c1-14-11-22-17(12-21-14)19(27)23-9-7-15(8-10-23)24-13-18(26)25(20(24)28)16-5-3-2-4-6-16/h2-6,11-12,15H,7-10,13H2,1H3. The molecular formula is C20H21N5O3. The maximum atomic E-state index is 12.8. The number of imide groups is 1. The van der Waals surface area contributed by atoms with E-state index in [9.17, 15) is 14.4 Å². The Kier molecular flexibility index (Phi) is 4.77. The lowest BCUT2D eigenvalue weighted by molar-refractivity contribution is -0.116. The van der Waals surface area contributed by atoms with Gasteiger partial charge in [-0.3, -0.25) is 14.6 Å². The molecule has 28 heavy (non-hydrogen) atoms. The number of carbonyl (C=O) groups is 3. The Balaban J connectivity index is 1.40. The first-order valence-electron chi connectivity index (χ1n) is 9.31. The number of aromatic nitrogens is 2. The summed E-state index contributed by atoms with van der Waals surface area (Å²) in [4.78, 5) is 50.7. The Hall–Kier alpha value is -3.29. The molecule has 2 saturated heterocycles. The first-order chi connectivity index (χ1) is 13.5. The Morgan fingerprint density at radius 1 is 1.04 bits per heavy atom. The van der Waals surface area contributed by atoms with Gasteiger partial charge in [0.05, 0.1) is 17.6 Å². The van der Waals surface area contributed by atoms with Gasteiger partial charge in [0, 0.05) is 25.3 Å². The molecule has 1 aromatic heterocycles. The minimum Gasteiger partial charge on any atom is -0.337 e. The maximum Gasteiger partial charge on any atom is 0.332 e. The molecule has 2 fully saturated rings. The van der Waals surface area contributed by atoms with E-state index in [1.165, 1.54) is 11.1 Å². The topological polar surface area (TPSA) is 86.7 Å². The predicted molar refractivity (Wildman–Crippen MR) is 102 cm³/mol. The number of anilines is 1. The molecule has 3 heterocycles. The number of hydrogen-bond acceptors (Lipinski definition) is 5. The van der Waals surface area contributed by atoms with E-state index in [1.807, 2.05) is 13.0 Å². The van der Waals surface area contributed by atoms with Crippen LogP contribution in [0.2, 0.25) is 0 Å². The van der Waals surface area contributed by atoms with Gasteiger partial charge in [-0.05, 0) is 31.9 Å². The van der Waals surface area contributed by atoms with E-state index in [0.717, 1.165) is 5.69 Å². The second-order valence-electron chi connectivity index (χ2n) is 7.04. The third-order valence-corrected chi connectivity index (χ3v) is 5.20. The van der Waals surface area contributed by atoms with Gasteiger partial charge in [-0.15, -0.1) is 0 Å². The predicted octanol–water partition coefficient (Wildman–Crippen LogP) is 1.86. The Morgan fingerprint density at radius 2 is 1.75 bits per heavy atom. The lowest BCUT2D eigenvalue weighted by Crippen LogP contribution is -2.48. The van der Waals surface area contributed by atoms with Crippen molar-refractivity contribution in [3.8, 4) is 0 Å². The Morgan fingerprint density at radius 3 is 2.39 bits per heavy atom. The Bertz CT molecular complexity index is 892. The molecule has 0 aliphatic carbocycles. The van der Waals surface area contributed by atoms with Gasteiger partial charge in [0.15, 0.2) is 0 Å². The number of likely N-dealkylation sites (tertiary alicyclic amines) is 1. The summed E-state index contributed by atoms with van der Waals surface area (Å²) in [5.74, 6) is -0.370. The van der Waals surface area contributed by atoms with Crippen LogP contribution in [0.4, 0.5) is 10.5 Å². The van der Waals surface area contributed by atoms with Gasteiger partial charge in [0.25, 0.3) is 11.8 Å². The molecule has 0 saturated carbocycles. The van der Waals surface area contributed by atoms with Crippen LogP contribution >= 0.6 is 0 Å². The largest absolute Gasteiger partial charge is 0.337 e. The molecule has 0 spiro atoms. The molecule has 0 unspecified atom stereocenters. The summed E-state index contributed by atoms with van der Waals surface area (Å²) < 4.78 is 0. The lowest BCUT2D eigenvalue weighted by atomic mass is 10.0. The molecule has 4 rings (SSSR count).